The van der Waals surface area contributed by atoms with Crippen molar-refractivity contribution in [2.75, 3.05) is 0 Å². The molecule has 1 N–H and O–H groups in total. The van der Waals surface area contributed by atoms with Crippen LogP contribution in [0.15, 0.2) is 36.4 Å². The number of rotatable bonds is 3. The van der Waals surface area contributed by atoms with Gasteiger partial charge < -0.3 is 5.32 Å². The van der Waals surface area contributed by atoms with Crippen LogP contribution in [0, 0.1) is 11.6 Å². The van der Waals surface area contributed by atoms with E-state index in [1.54, 1.807) is 0 Å². The third-order valence-electron chi connectivity index (χ3n) is 2.55. The smallest absolute Gasteiger partial charge is 0.253 e. The monoisotopic (exact) mass is 315 g/mol. The minimum absolute atomic E-state index is 0.00747. The first-order valence-corrected chi connectivity index (χ1v) is 6.39. The van der Waals surface area contributed by atoms with Gasteiger partial charge in [-0.2, -0.15) is 0 Å². The molecule has 0 fully saturated rings. The van der Waals surface area contributed by atoms with E-state index in [0.29, 0.717) is 10.6 Å². The Kier molecular flexibility index (Phi) is 4.57. The van der Waals surface area contributed by atoms with Crippen molar-refractivity contribution in [2.45, 2.75) is 6.54 Å². The Morgan fingerprint density at radius 3 is 2.30 bits per heavy atom. The van der Waals surface area contributed by atoms with Crippen LogP contribution in [-0.2, 0) is 6.54 Å². The van der Waals surface area contributed by atoms with Crippen LogP contribution in [0.1, 0.15) is 15.9 Å². The number of benzene rings is 2. The molecule has 0 aliphatic rings. The van der Waals surface area contributed by atoms with Crippen LogP contribution < -0.4 is 5.32 Å². The van der Waals surface area contributed by atoms with E-state index in [-0.39, 0.29) is 17.1 Å². The Labute approximate surface area is 124 Å². The summed E-state index contributed by atoms with van der Waals surface area (Å²) in [7, 11) is 0. The summed E-state index contributed by atoms with van der Waals surface area (Å²) in [5.41, 5.74) is 0.564. The van der Waals surface area contributed by atoms with Crippen LogP contribution in [0.3, 0.4) is 0 Å². The molecule has 0 heterocycles. The van der Waals surface area contributed by atoms with Crippen LogP contribution in [0.2, 0.25) is 10.0 Å². The molecular weight excluding hydrogens is 307 g/mol. The number of nitrogens with one attached hydrogen (secondary N) is 1. The number of hydrogen-bond donors (Lipinski definition) is 1. The molecule has 0 saturated heterocycles. The second-order valence-electron chi connectivity index (χ2n) is 4.08. The SMILES string of the molecule is O=C(NCc1cc(F)cc(F)c1)c1ccc(Cl)cc1Cl. The van der Waals surface area contributed by atoms with Gasteiger partial charge in [-0.15, -0.1) is 0 Å². The minimum Gasteiger partial charge on any atom is -0.348 e. The molecule has 2 nitrogen and oxygen atoms in total. The Morgan fingerprint density at radius 1 is 1.05 bits per heavy atom. The number of amides is 1. The molecule has 0 spiro atoms. The summed E-state index contributed by atoms with van der Waals surface area (Å²) >= 11 is 11.6. The fourth-order valence-electron chi connectivity index (χ4n) is 1.66. The normalized spacial score (nSPS) is 10.4. The predicted octanol–water partition coefficient (Wildman–Crippen LogP) is 4.20. The van der Waals surface area contributed by atoms with Crippen molar-refractivity contribution in [2.24, 2.45) is 0 Å². The van der Waals surface area contributed by atoms with Crippen LogP contribution >= 0.6 is 23.2 Å². The van der Waals surface area contributed by atoms with Crippen molar-refractivity contribution >= 4 is 29.1 Å². The Morgan fingerprint density at radius 2 is 1.70 bits per heavy atom. The van der Waals surface area contributed by atoms with Gasteiger partial charge in [0.2, 0.25) is 0 Å². The van der Waals surface area contributed by atoms with Gasteiger partial charge in [0.15, 0.2) is 0 Å². The van der Waals surface area contributed by atoms with Crippen molar-refractivity contribution in [1.29, 1.82) is 0 Å². The van der Waals surface area contributed by atoms with Crippen LogP contribution in [-0.4, -0.2) is 5.91 Å². The van der Waals surface area contributed by atoms with Crippen molar-refractivity contribution in [3.8, 4) is 0 Å². The fourth-order valence-corrected chi connectivity index (χ4v) is 2.16. The van der Waals surface area contributed by atoms with Gasteiger partial charge >= 0.3 is 0 Å². The minimum atomic E-state index is -0.696. The zero-order chi connectivity index (χ0) is 14.7. The summed E-state index contributed by atoms with van der Waals surface area (Å²) in [6.45, 7) is -0.00747. The lowest BCUT2D eigenvalue weighted by Gasteiger charge is -2.07. The third-order valence-corrected chi connectivity index (χ3v) is 3.10. The molecule has 2 aromatic carbocycles. The quantitative estimate of drug-likeness (QED) is 0.903. The van der Waals surface area contributed by atoms with Gasteiger partial charge in [0.1, 0.15) is 11.6 Å². The molecule has 1 amide bonds. The Balaban J connectivity index is 2.08. The molecule has 104 valence electrons. The molecule has 0 saturated carbocycles. The summed E-state index contributed by atoms with van der Waals surface area (Å²) in [6.07, 6.45) is 0. The average Bonchev–Trinajstić information content (AvgIpc) is 2.35. The number of carbonyl (C=O) groups excluding carboxylic acids is 1. The van der Waals surface area contributed by atoms with Crippen molar-refractivity contribution in [3.05, 3.63) is 69.2 Å². The lowest BCUT2D eigenvalue weighted by molar-refractivity contribution is 0.0951. The topological polar surface area (TPSA) is 29.1 Å². The van der Waals surface area contributed by atoms with E-state index in [1.807, 2.05) is 0 Å². The van der Waals surface area contributed by atoms with E-state index in [9.17, 15) is 13.6 Å². The summed E-state index contributed by atoms with van der Waals surface area (Å²) in [5.74, 6) is -1.84. The summed E-state index contributed by atoms with van der Waals surface area (Å²) in [5, 5.41) is 3.15. The zero-order valence-corrected chi connectivity index (χ0v) is 11.6. The molecule has 0 radical (unpaired) electrons. The van der Waals surface area contributed by atoms with Crippen molar-refractivity contribution in [1.82, 2.24) is 5.32 Å². The second-order valence-corrected chi connectivity index (χ2v) is 4.93. The van der Waals surface area contributed by atoms with Gasteiger partial charge in [0.25, 0.3) is 5.91 Å². The summed E-state index contributed by atoms with van der Waals surface area (Å²) in [6, 6.07) is 7.51. The first-order valence-electron chi connectivity index (χ1n) is 5.64. The molecule has 0 unspecified atom stereocenters. The highest BCUT2D eigenvalue weighted by Gasteiger charge is 2.10. The van der Waals surface area contributed by atoms with Crippen LogP contribution in [0.4, 0.5) is 8.78 Å². The van der Waals surface area contributed by atoms with E-state index in [0.717, 1.165) is 18.2 Å². The van der Waals surface area contributed by atoms with E-state index < -0.39 is 17.5 Å². The van der Waals surface area contributed by atoms with Gasteiger partial charge in [-0.1, -0.05) is 23.2 Å². The standard InChI is InChI=1S/C14H9Cl2F2NO/c15-9-1-2-12(13(16)5-9)14(20)19-7-8-3-10(17)6-11(18)4-8/h1-6H,7H2,(H,19,20). The lowest BCUT2D eigenvalue weighted by atomic mass is 10.2. The fraction of sp³-hybridized carbons (Fsp3) is 0.0714. The van der Waals surface area contributed by atoms with E-state index >= 15 is 0 Å². The molecule has 20 heavy (non-hydrogen) atoms. The second kappa shape index (κ2) is 6.20. The average molecular weight is 316 g/mol. The van der Waals surface area contributed by atoms with E-state index in [1.165, 1.54) is 18.2 Å². The van der Waals surface area contributed by atoms with E-state index in [2.05, 4.69) is 5.32 Å². The molecule has 6 heteroatoms. The Bertz CT molecular complexity index is 641. The molecule has 0 aliphatic heterocycles. The molecule has 2 rings (SSSR count). The lowest BCUT2D eigenvalue weighted by Crippen LogP contribution is -2.23. The zero-order valence-electron chi connectivity index (χ0n) is 10.1. The highest BCUT2D eigenvalue weighted by atomic mass is 35.5. The van der Waals surface area contributed by atoms with Gasteiger partial charge in [-0.05, 0) is 35.9 Å². The Hall–Kier alpha value is -1.65. The van der Waals surface area contributed by atoms with Gasteiger partial charge in [-0.25, -0.2) is 8.78 Å². The number of carbonyl (C=O) groups is 1. The molecule has 0 atom stereocenters. The summed E-state index contributed by atoms with van der Waals surface area (Å²) in [4.78, 5) is 11.9. The molecular formula is C14H9Cl2F2NO. The van der Waals surface area contributed by atoms with E-state index in [4.69, 9.17) is 23.2 Å². The van der Waals surface area contributed by atoms with Gasteiger partial charge in [0, 0.05) is 17.6 Å². The maximum Gasteiger partial charge on any atom is 0.253 e. The van der Waals surface area contributed by atoms with Crippen LogP contribution in [0.25, 0.3) is 0 Å². The first kappa shape index (κ1) is 14.8. The maximum absolute atomic E-state index is 13.0. The van der Waals surface area contributed by atoms with Crippen LogP contribution in [0.5, 0.6) is 0 Å². The number of halogens is 4. The highest BCUT2D eigenvalue weighted by molar-refractivity contribution is 6.36. The van der Waals surface area contributed by atoms with Gasteiger partial charge in [-0.3, -0.25) is 4.79 Å². The first-order chi connectivity index (χ1) is 9.45. The van der Waals surface area contributed by atoms with Crippen molar-refractivity contribution < 1.29 is 13.6 Å². The largest absolute Gasteiger partial charge is 0.348 e. The van der Waals surface area contributed by atoms with Crippen molar-refractivity contribution in [3.63, 3.8) is 0 Å². The molecule has 0 aromatic heterocycles. The highest BCUT2D eigenvalue weighted by Crippen LogP contribution is 2.21. The molecule has 0 bridgehead atoms. The third kappa shape index (κ3) is 3.68. The number of hydrogen-bond acceptors (Lipinski definition) is 1. The maximum atomic E-state index is 13.0. The van der Waals surface area contributed by atoms with Gasteiger partial charge in [0.05, 0.1) is 10.6 Å². The summed E-state index contributed by atoms with van der Waals surface area (Å²) < 4.78 is 26.0. The predicted molar refractivity (Wildman–Crippen MR) is 74.0 cm³/mol. The molecule has 2 aromatic rings. The molecule has 0 aliphatic carbocycles.